The molecule has 3 aromatic rings. The fourth-order valence-electron chi connectivity index (χ4n) is 4.17. The van der Waals surface area contributed by atoms with Crippen LogP contribution in [-0.2, 0) is 4.79 Å². The van der Waals surface area contributed by atoms with Crippen molar-refractivity contribution in [2.24, 2.45) is 0 Å². The molecule has 1 fully saturated rings. The fourth-order valence-corrected chi connectivity index (χ4v) is 4.17. The van der Waals surface area contributed by atoms with Crippen LogP contribution < -0.4 is 14.4 Å². The number of para-hydroxylation sites is 1. The number of methoxy groups -OCH3 is 2. The second-order valence-electron chi connectivity index (χ2n) is 8.00. The van der Waals surface area contributed by atoms with Crippen LogP contribution >= 0.6 is 0 Å². The molecular weight excluding hydrogens is 412 g/mol. The summed E-state index contributed by atoms with van der Waals surface area (Å²) in [5.41, 5.74) is 3.63. The van der Waals surface area contributed by atoms with Crippen molar-refractivity contribution in [1.82, 2.24) is 4.90 Å². The SMILES string of the molecule is COc1ccc(N2CCCN(C(=O)/C(=C/c3ccccc3OC)c3ccccc3)CC2)cc1. The van der Waals surface area contributed by atoms with Crippen LogP contribution in [0.5, 0.6) is 11.5 Å². The molecule has 4 rings (SSSR count). The monoisotopic (exact) mass is 442 g/mol. The van der Waals surface area contributed by atoms with Gasteiger partial charge in [0.15, 0.2) is 0 Å². The van der Waals surface area contributed by atoms with Gasteiger partial charge in [0.2, 0.25) is 0 Å². The topological polar surface area (TPSA) is 42.0 Å². The second-order valence-corrected chi connectivity index (χ2v) is 8.00. The average molecular weight is 443 g/mol. The highest BCUT2D eigenvalue weighted by atomic mass is 16.5. The average Bonchev–Trinajstić information content (AvgIpc) is 3.14. The van der Waals surface area contributed by atoms with Crippen molar-refractivity contribution in [2.75, 3.05) is 45.3 Å². The molecular formula is C28H30N2O3. The van der Waals surface area contributed by atoms with Gasteiger partial charge < -0.3 is 19.3 Å². The van der Waals surface area contributed by atoms with Crippen molar-refractivity contribution in [3.8, 4) is 11.5 Å². The number of benzene rings is 3. The summed E-state index contributed by atoms with van der Waals surface area (Å²) in [6, 6.07) is 25.8. The van der Waals surface area contributed by atoms with E-state index in [-0.39, 0.29) is 5.91 Å². The second kappa shape index (κ2) is 10.7. The van der Waals surface area contributed by atoms with E-state index in [2.05, 4.69) is 17.0 Å². The highest BCUT2D eigenvalue weighted by Gasteiger charge is 2.23. The van der Waals surface area contributed by atoms with Crippen LogP contribution in [0.4, 0.5) is 5.69 Å². The lowest BCUT2D eigenvalue weighted by molar-refractivity contribution is -0.124. The van der Waals surface area contributed by atoms with Crippen molar-refractivity contribution >= 4 is 23.2 Å². The Labute approximate surface area is 195 Å². The molecule has 1 heterocycles. The Kier molecular flexibility index (Phi) is 7.30. The van der Waals surface area contributed by atoms with Crippen molar-refractivity contribution < 1.29 is 14.3 Å². The largest absolute Gasteiger partial charge is 0.497 e. The highest BCUT2D eigenvalue weighted by Crippen LogP contribution is 2.27. The van der Waals surface area contributed by atoms with Gasteiger partial charge in [-0.25, -0.2) is 0 Å². The van der Waals surface area contributed by atoms with Crippen molar-refractivity contribution in [2.45, 2.75) is 6.42 Å². The van der Waals surface area contributed by atoms with E-state index in [4.69, 9.17) is 9.47 Å². The standard InChI is InChI=1S/C28H30N2O3/c1-32-25-15-13-24(14-16-25)29-17-8-18-30(20-19-29)28(31)26(22-9-4-3-5-10-22)21-23-11-6-7-12-27(23)33-2/h3-7,9-16,21H,8,17-20H2,1-2H3/b26-21+. The van der Waals surface area contributed by atoms with Crippen LogP contribution in [0, 0.1) is 0 Å². The van der Waals surface area contributed by atoms with Gasteiger partial charge in [-0.3, -0.25) is 4.79 Å². The van der Waals surface area contributed by atoms with Crippen LogP contribution in [0.1, 0.15) is 17.5 Å². The number of hydrogen-bond acceptors (Lipinski definition) is 4. The molecule has 1 aliphatic rings. The molecule has 3 aromatic carbocycles. The Morgan fingerprint density at radius 3 is 2.24 bits per heavy atom. The summed E-state index contributed by atoms with van der Waals surface area (Å²) >= 11 is 0. The summed E-state index contributed by atoms with van der Waals surface area (Å²) in [6.07, 6.45) is 2.86. The quantitative estimate of drug-likeness (QED) is 0.399. The van der Waals surface area contributed by atoms with E-state index in [1.807, 2.05) is 77.7 Å². The summed E-state index contributed by atoms with van der Waals surface area (Å²) in [4.78, 5) is 18.1. The molecule has 0 spiro atoms. The minimum absolute atomic E-state index is 0.0451. The molecule has 0 aromatic heterocycles. The summed E-state index contributed by atoms with van der Waals surface area (Å²) in [5, 5.41) is 0. The van der Waals surface area contributed by atoms with Crippen LogP contribution in [-0.4, -0.2) is 51.2 Å². The summed E-state index contributed by atoms with van der Waals surface area (Å²) in [7, 11) is 3.33. The minimum atomic E-state index is 0.0451. The summed E-state index contributed by atoms with van der Waals surface area (Å²) in [6.45, 7) is 3.09. The Morgan fingerprint density at radius 2 is 1.52 bits per heavy atom. The number of nitrogens with zero attached hydrogens (tertiary/aromatic N) is 2. The summed E-state index contributed by atoms with van der Waals surface area (Å²) in [5.74, 6) is 1.64. The minimum Gasteiger partial charge on any atom is -0.497 e. The van der Waals surface area contributed by atoms with Crippen molar-refractivity contribution in [1.29, 1.82) is 0 Å². The van der Waals surface area contributed by atoms with Gasteiger partial charge in [-0.2, -0.15) is 0 Å². The molecule has 0 atom stereocenters. The normalized spacial score (nSPS) is 14.5. The zero-order valence-electron chi connectivity index (χ0n) is 19.2. The third kappa shape index (κ3) is 5.37. The number of rotatable bonds is 6. The molecule has 33 heavy (non-hydrogen) atoms. The number of ether oxygens (including phenoxy) is 2. The predicted molar refractivity (Wildman–Crippen MR) is 134 cm³/mol. The van der Waals surface area contributed by atoms with Crippen LogP contribution in [0.2, 0.25) is 0 Å². The van der Waals surface area contributed by atoms with Gasteiger partial charge in [0.05, 0.1) is 14.2 Å². The van der Waals surface area contributed by atoms with E-state index in [1.54, 1.807) is 14.2 Å². The molecule has 1 amide bonds. The van der Waals surface area contributed by atoms with Gasteiger partial charge in [0.25, 0.3) is 5.91 Å². The summed E-state index contributed by atoms with van der Waals surface area (Å²) < 4.78 is 10.8. The number of amides is 1. The fraction of sp³-hybridized carbons (Fsp3) is 0.250. The third-order valence-corrected chi connectivity index (χ3v) is 5.97. The van der Waals surface area contributed by atoms with E-state index >= 15 is 0 Å². The molecule has 0 N–H and O–H groups in total. The van der Waals surface area contributed by atoms with Crippen molar-refractivity contribution in [3.05, 3.63) is 90.0 Å². The lowest BCUT2D eigenvalue weighted by Crippen LogP contribution is -2.35. The first-order chi connectivity index (χ1) is 16.2. The third-order valence-electron chi connectivity index (χ3n) is 5.97. The van der Waals surface area contributed by atoms with Gasteiger partial charge in [-0.05, 0) is 48.4 Å². The maximum Gasteiger partial charge on any atom is 0.254 e. The first-order valence-corrected chi connectivity index (χ1v) is 11.3. The highest BCUT2D eigenvalue weighted by molar-refractivity contribution is 6.24. The molecule has 5 nitrogen and oxygen atoms in total. The van der Waals surface area contributed by atoms with E-state index in [9.17, 15) is 4.79 Å². The first-order valence-electron chi connectivity index (χ1n) is 11.3. The number of hydrogen-bond donors (Lipinski definition) is 0. The lowest BCUT2D eigenvalue weighted by Gasteiger charge is -2.24. The molecule has 170 valence electrons. The van der Waals surface area contributed by atoms with E-state index < -0.39 is 0 Å². The van der Waals surface area contributed by atoms with Gasteiger partial charge in [-0.15, -0.1) is 0 Å². The smallest absolute Gasteiger partial charge is 0.254 e. The maximum atomic E-state index is 13.8. The number of anilines is 1. The molecule has 0 radical (unpaired) electrons. The van der Waals surface area contributed by atoms with Gasteiger partial charge >= 0.3 is 0 Å². The zero-order valence-corrected chi connectivity index (χ0v) is 19.2. The van der Waals surface area contributed by atoms with Crippen LogP contribution in [0.3, 0.4) is 0 Å². The molecule has 0 aliphatic carbocycles. The Morgan fingerprint density at radius 1 is 0.788 bits per heavy atom. The van der Waals surface area contributed by atoms with E-state index in [0.717, 1.165) is 54.4 Å². The van der Waals surface area contributed by atoms with Crippen LogP contribution in [0.25, 0.3) is 11.6 Å². The Balaban J connectivity index is 1.58. The Bertz CT molecular complexity index is 1090. The van der Waals surface area contributed by atoms with E-state index in [1.165, 1.54) is 0 Å². The Hall–Kier alpha value is -3.73. The molecule has 1 aliphatic heterocycles. The molecule has 0 bridgehead atoms. The predicted octanol–water partition coefficient (Wildman–Crippen LogP) is 4.98. The molecule has 1 saturated heterocycles. The van der Waals surface area contributed by atoms with E-state index in [0.29, 0.717) is 12.1 Å². The number of carbonyl (C=O) groups is 1. The van der Waals surface area contributed by atoms with Crippen LogP contribution in [0.15, 0.2) is 78.9 Å². The van der Waals surface area contributed by atoms with Gasteiger partial charge in [0, 0.05) is 43.0 Å². The molecule has 0 saturated carbocycles. The van der Waals surface area contributed by atoms with Gasteiger partial charge in [-0.1, -0.05) is 48.5 Å². The number of carbonyl (C=O) groups excluding carboxylic acids is 1. The van der Waals surface area contributed by atoms with Crippen molar-refractivity contribution in [3.63, 3.8) is 0 Å². The zero-order chi connectivity index (χ0) is 23.0. The molecule has 0 unspecified atom stereocenters. The first kappa shape index (κ1) is 22.5. The lowest BCUT2D eigenvalue weighted by atomic mass is 10.0. The molecule has 5 heteroatoms. The maximum absolute atomic E-state index is 13.8. The van der Waals surface area contributed by atoms with Gasteiger partial charge in [0.1, 0.15) is 11.5 Å².